The molecule has 8 aliphatic carbocycles. The Labute approximate surface area is 160 Å². The second-order valence-electron chi connectivity index (χ2n) is 11.1. The molecule has 4 unspecified atom stereocenters. The zero-order valence-electron chi connectivity index (χ0n) is 15.8. The van der Waals surface area contributed by atoms with Crippen LogP contribution in [0.5, 0.6) is 0 Å². The van der Waals surface area contributed by atoms with E-state index in [0.717, 1.165) is 32.1 Å². The van der Waals surface area contributed by atoms with Gasteiger partial charge in [0.15, 0.2) is 0 Å². The number of amides is 1. The molecule has 0 aromatic heterocycles. The number of hydrogen-bond acceptors (Lipinski definition) is 4. The fourth-order valence-corrected chi connectivity index (χ4v) is 9.09. The summed E-state index contributed by atoms with van der Waals surface area (Å²) in [5.74, 6) is 2.77. The van der Waals surface area contributed by atoms with Crippen LogP contribution in [0.25, 0.3) is 0 Å². The van der Waals surface area contributed by atoms with Gasteiger partial charge in [0.2, 0.25) is 0 Å². The molecule has 0 aromatic rings. The Morgan fingerprint density at radius 2 is 1.37 bits per heavy atom. The molecule has 0 spiro atoms. The summed E-state index contributed by atoms with van der Waals surface area (Å²) in [6.45, 7) is 0. The number of hydrogen-bond donors (Lipinski definition) is 5. The predicted octanol–water partition coefficient (Wildman–Crippen LogP) is 1.70. The van der Waals surface area contributed by atoms with Gasteiger partial charge in [-0.25, -0.2) is 4.79 Å². The molecule has 9 atom stereocenters. The Morgan fingerprint density at radius 1 is 0.778 bits per heavy atom. The van der Waals surface area contributed by atoms with E-state index in [1.54, 1.807) is 0 Å². The van der Waals surface area contributed by atoms with Gasteiger partial charge >= 0.3 is 6.09 Å². The third-order valence-electron chi connectivity index (χ3n) is 9.40. The predicted molar refractivity (Wildman–Crippen MR) is 98.1 cm³/mol. The highest BCUT2D eigenvalue weighted by molar-refractivity contribution is 5.65. The van der Waals surface area contributed by atoms with Gasteiger partial charge in [0, 0.05) is 18.1 Å². The normalized spacial score (nSPS) is 60.0. The Balaban J connectivity index is 1.30. The lowest BCUT2D eigenvalue weighted by Crippen LogP contribution is -2.76. The molecule has 8 rings (SSSR count). The highest BCUT2D eigenvalue weighted by Crippen LogP contribution is 2.59. The minimum atomic E-state index is -0.952. The molecule has 0 aromatic carbocycles. The molecule has 8 fully saturated rings. The van der Waals surface area contributed by atoms with Crippen LogP contribution in [-0.2, 0) is 0 Å². The third kappa shape index (κ3) is 2.39. The topological polar surface area (TPSA) is 102 Å². The van der Waals surface area contributed by atoms with Gasteiger partial charge in [-0.2, -0.15) is 0 Å². The molecule has 1 amide bonds. The Kier molecular flexibility index (Phi) is 3.41. The summed E-state index contributed by atoms with van der Waals surface area (Å²) < 4.78 is 0. The second kappa shape index (κ2) is 5.39. The average Bonchev–Trinajstić information content (AvgIpc) is 2.54. The van der Waals surface area contributed by atoms with Crippen molar-refractivity contribution in [3.63, 3.8) is 0 Å². The molecule has 8 aliphatic rings. The number of nitrogens with one attached hydrogen (secondary N) is 2. The van der Waals surface area contributed by atoms with Crippen LogP contribution in [0.3, 0.4) is 0 Å². The Hall–Kier alpha value is -0.850. The maximum atomic E-state index is 11.5. The number of rotatable bonds is 3. The summed E-state index contributed by atoms with van der Waals surface area (Å²) in [6.07, 6.45) is 8.08. The van der Waals surface area contributed by atoms with E-state index >= 15 is 0 Å². The van der Waals surface area contributed by atoms with Crippen LogP contribution in [0, 0.1) is 35.5 Å². The van der Waals surface area contributed by atoms with E-state index in [0.29, 0.717) is 30.1 Å². The van der Waals surface area contributed by atoms with Crippen molar-refractivity contribution in [3.8, 4) is 0 Å². The summed E-state index contributed by atoms with van der Waals surface area (Å²) in [6, 6.07) is -0.112. The van der Waals surface area contributed by atoms with E-state index in [1.807, 2.05) is 0 Å². The van der Waals surface area contributed by atoms with Gasteiger partial charge in [-0.05, 0) is 93.3 Å². The SMILES string of the molecule is O=C(O)N[C@@H]1[C@@H]2C[C@H]3C[C@@H]1C(NC1C4CC5CC(C4)CC1(O)C5)[C@](O)(C3)C2. The van der Waals surface area contributed by atoms with Gasteiger partial charge in [-0.3, -0.25) is 0 Å². The van der Waals surface area contributed by atoms with Crippen molar-refractivity contribution in [1.82, 2.24) is 10.6 Å². The molecular weight excluding hydrogens is 344 g/mol. The van der Waals surface area contributed by atoms with Crippen LogP contribution in [-0.4, -0.2) is 50.7 Å². The molecule has 6 nitrogen and oxygen atoms in total. The average molecular weight is 376 g/mol. The molecule has 6 heteroatoms. The highest BCUT2D eigenvalue weighted by atomic mass is 16.4. The first-order chi connectivity index (χ1) is 12.8. The maximum Gasteiger partial charge on any atom is 0.404 e. The van der Waals surface area contributed by atoms with E-state index in [2.05, 4.69) is 10.6 Å². The van der Waals surface area contributed by atoms with Crippen LogP contribution < -0.4 is 10.6 Å². The van der Waals surface area contributed by atoms with Gasteiger partial charge in [-0.1, -0.05) is 0 Å². The van der Waals surface area contributed by atoms with Crippen molar-refractivity contribution in [2.24, 2.45) is 35.5 Å². The second-order valence-corrected chi connectivity index (χ2v) is 11.1. The lowest BCUT2D eigenvalue weighted by atomic mass is 9.48. The highest BCUT2D eigenvalue weighted by Gasteiger charge is 2.63. The van der Waals surface area contributed by atoms with Gasteiger partial charge in [0.05, 0.1) is 11.2 Å². The van der Waals surface area contributed by atoms with E-state index in [1.165, 1.54) is 19.3 Å². The summed E-state index contributed by atoms with van der Waals surface area (Å²) >= 11 is 0. The largest absolute Gasteiger partial charge is 0.465 e. The zero-order valence-corrected chi connectivity index (χ0v) is 15.8. The quantitative estimate of drug-likeness (QED) is 0.516. The van der Waals surface area contributed by atoms with E-state index in [-0.39, 0.29) is 30.0 Å². The molecule has 0 radical (unpaired) electrons. The minimum Gasteiger partial charge on any atom is -0.465 e. The van der Waals surface area contributed by atoms with Crippen molar-refractivity contribution in [2.75, 3.05) is 0 Å². The molecule has 150 valence electrons. The molecule has 8 saturated carbocycles. The first-order valence-corrected chi connectivity index (χ1v) is 11.0. The van der Waals surface area contributed by atoms with Crippen molar-refractivity contribution < 1.29 is 20.1 Å². The van der Waals surface area contributed by atoms with Crippen LogP contribution >= 0.6 is 0 Å². The summed E-state index contributed by atoms with van der Waals surface area (Å²) in [4.78, 5) is 11.4. The summed E-state index contributed by atoms with van der Waals surface area (Å²) in [7, 11) is 0. The van der Waals surface area contributed by atoms with Gasteiger partial charge < -0.3 is 26.0 Å². The summed E-state index contributed by atoms with van der Waals surface area (Å²) in [5.41, 5.74) is -1.37. The third-order valence-corrected chi connectivity index (χ3v) is 9.40. The van der Waals surface area contributed by atoms with Crippen LogP contribution in [0.2, 0.25) is 0 Å². The van der Waals surface area contributed by atoms with E-state index < -0.39 is 17.3 Å². The van der Waals surface area contributed by atoms with E-state index in [4.69, 9.17) is 0 Å². The molecule has 0 heterocycles. The first-order valence-electron chi connectivity index (χ1n) is 11.0. The summed E-state index contributed by atoms with van der Waals surface area (Å²) in [5, 5.41) is 38.9. The van der Waals surface area contributed by atoms with Crippen molar-refractivity contribution >= 4 is 6.09 Å². The van der Waals surface area contributed by atoms with Gasteiger partial charge in [0.25, 0.3) is 0 Å². The van der Waals surface area contributed by atoms with Crippen molar-refractivity contribution in [1.29, 1.82) is 0 Å². The lowest BCUT2D eigenvalue weighted by Gasteiger charge is -2.65. The maximum absolute atomic E-state index is 11.5. The Bertz CT molecular complexity index is 657. The Morgan fingerprint density at radius 3 is 2.00 bits per heavy atom. The van der Waals surface area contributed by atoms with Crippen LogP contribution in [0.1, 0.15) is 57.8 Å². The molecule has 0 aliphatic heterocycles. The van der Waals surface area contributed by atoms with Crippen molar-refractivity contribution in [2.45, 2.75) is 87.1 Å². The molecule has 0 saturated heterocycles. The fraction of sp³-hybridized carbons (Fsp3) is 0.952. The van der Waals surface area contributed by atoms with Crippen LogP contribution in [0.4, 0.5) is 4.79 Å². The standard InChI is InChI=1S/C21H32N2O4/c24-19(25)22-16-14-4-12-5-15(16)18(21(27,8-12)9-14)23-17-13-2-10-1-11(3-13)7-20(17,26)6-10/h10-18,22-23,26-27H,1-9H2,(H,24,25)/t10?,11?,12-,13?,14+,15-,16+,17?,18?,20?,21-/m0/s1. The lowest BCUT2D eigenvalue weighted by molar-refractivity contribution is -0.191. The number of carboxylic acid groups (broad SMARTS) is 1. The number of aliphatic hydroxyl groups is 2. The van der Waals surface area contributed by atoms with Crippen LogP contribution in [0.15, 0.2) is 0 Å². The van der Waals surface area contributed by atoms with Gasteiger partial charge in [-0.15, -0.1) is 0 Å². The van der Waals surface area contributed by atoms with Gasteiger partial charge in [0.1, 0.15) is 0 Å². The monoisotopic (exact) mass is 376 g/mol. The molecule has 5 N–H and O–H groups in total. The fourth-order valence-electron chi connectivity index (χ4n) is 9.09. The zero-order chi connectivity index (χ0) is 18.6. The number of carbonyl (C=O) groups is 1. The van der Waals surface area contributed by atoms with E-state index in [9.17, 15) is 20.1 Å². The minimum absolute atomic E-state index is 0.0577. The molecular formula is C21H32N2O4. The smallest absolute Gasteiger partial charge is 0.404 e. The molecule has 8 bridgehead atoms. The molecule has 27 heavy (non-hydrogen) atoms. The van der Waals surface area contributed by atoms with Crippen molar-refractivity contribution in [3.05, 3.63) is 0 Å². The first kappa shape index (κ1) is 17.0.